The molecule has 32 heavy (non-hydrogen) atoms. The Labute approximate surface area is 190 Å². The number of hydrogen-bond donors (Lipinski definition) is 2. The van der Waals surface area contributed by atoms with Gasteiger partial charge in [-0.25, -0.2) is 4.39 Å². The quantitative estimate of drug-likeness (QED) is 0.534. The zero-order valence-electron chi connectivity index (χ0n) is 19.7. The van der Waals surface area contributed by atoms with E-state index in [2.05, 4.69) is 23.8 Å². The van der Waals surface area contributed by atoms with Gasteiger partial charge in [-0.3, -0.25) is 14.4 Å². The van der Waals surface area contributed by atoms with Crippen LogP contribution >= 0.6 is 0 Å². The number of rotatable bonds is 9. The van der Waals surface area contributed by atoms with Crippen molar-refractivity contribution in [2.75, 3.05) is 13.1 Å². The van der Waals surface area contributed by atoms with Crippen LogP contribution in [0.5, 0.6) is 0 Å². The van der Waals surface area contributed by atoms with Gasteiger partial charge < -0.3 is 15.5 Å². The van der Waals surface area contributed by atoms with Gasteiger partial charge in [0.15, 0.2) is 5.67 Å². The molecule has 6 nitrogen and oxygen atoms in total. The molecule has 1 saturated carbocycles. The van der Waals surface area contributed by atoms with E-state index in [0.717, 1.165) is 11.1 Å². The Kier molecular flexibility index (Phi) is 8.21. The highest BCUT2D eigenvalue weighted by molar-refractivity contribution is 5.95. The molecular formula is C25H36FN3O3. The van der Waals surface area contributed by atoms with Crippen LogP contribution in [-0.2, 0) is 14.4 Å². The molecule has 0 radical (unpaired) electrons. The number of nitrogens with zero attached hydrogens (tertiary/aromatic N) is 1. The van der Waals surface area contributed by atoms with Gasteiger partial charge >= 0.3 is 0 Å². The summed E-state index contributed by atoms with van der Waals surface area (Å²) in [6, 6.07) is -1.53. The molecular weight excluding hydrogens is 409 g/mol. The minimum Gasteiger partial charge on any atom is -0.350 e. The van der Waals surface area contributed by atoms with Crippen molar-refractivity contribution in [2.24, 2.45) is 5.41 Å². The SMILES string of the molecule is C=C/C(C)=C\C=C(/C=C)CNC(=O)C1CCCN1C(=O)C(NC(=O)C1(F)CC1)C(C)(C)C. The molecule has 1 saturated heterocycles. The summed E-state index contributed by atoms with van der Waals surface area (Å²) in [6.07, 6.45) is 8.73. The van der Waals surface area contributed by atoms with Crippen molar-refractivity contribution in [3.63, 3.8) is 0 Å². The number of carbonyl (C=O) groups excluding carboxylic acids is 3. The monoisotopic (exact) mass is 445 g/mol. The number of alkyl halides is 1. The Hall–Kier alpha value is -2.70. The van der Waals surface area contributed by atoms with Crippen LogP contribution in [0.1, 0.15) is 53.4 Å². The first-order chi connectivity index (χ1) is 14.9. The molecule has 2 N–H and O–H groups in total. The highest BCUT2D eigenvalue weighted by Crippen LogP contribution is 2.40. The minimum atomic E-state index is -1.86. The average molecular weight is 446 g/mol. The molecule has 2 atom stereocenters. The number of likely N-dealkylation sites (tertiary alicyclic amines) is 1. The van der Waals surface area contributed by atoms with Crippen molar-refractivity contribution in [1.29, 1.82) is 0 Å². The summed E-state index contributed by atoms with van der Waals surface area (Å²) in [6.45, 7) is 15.6. The average Bonchev–Trinajstić information content (AvgIpc) is 3.30. The standard InChI is InChI=1S/C25H36FN3O3/c1-7-17(3)11-12-18(8-2)16-27-21(30)19-10-9-15-29(19)22(31)20(24(4,5)6)28-23(32)25(26)13-14-25/h7-8,11-12,19-20H,1-2,9-10,13-16H2,3-6H3,(H,27,30)(H,28,32)/b17-11-,18-12+. The lowest BCUT2D eigenvalue weighted by Gasteiger charge is -2.35. The van der Waals surface area contributed by atoms with Gasteiger partial charge in [0.1, 0.15) is 12.1 Å². The van der Waals surface area contributed by atoms with Crippen LogP contribution in [0, 0.1) is 5.41 Å². The lowest BCUT2D eigenvalue weighted by atomic mass is 9.85. The molecule has 7 heteroatoms. The van der Waals surface area contributed by atoms with Gasteiger partial charge in [0.25, 0.3) is 5.91 Å². The van der Waals surface area contributed by atoms with Crippen LogP contribution in [0.15, 0.2) is 48.6 Å². The number of halogens is 1. The number of allylic oxidation sites excluding steroid dienone is 4. The van der Waals surface area contributed by atoms with E-state index in [9.17, 15) is 18.8 Å². The molecule has 2 fully saturated rings. The summed E-state index contributed by atoms with van der Waals surface area (Å²) in [4.78, 5) is 40.1. The number of hydrogen-bond acceptors (Lipinski definition) is 3. The lowest BCUT2D eigenvalue weighted by molar-refractivity contribution is -0.144. The Balaban J connectivity index is 2.08. The van der Waals surface area contributed by atoms with E-state index in [4.69, 9.17) is 0 Å². The summed E-state index contributed by atoms with van der Waals surface area (Å²) in [5.74, 6) is -1.34. The van der Waals surface area contributed by atoms with E-state index in [1.54, 1.807) is 12.2 Å². The van der Waals surface area contributed by atoms with E-state index in [0.29, 0.717) is 19.4 Å². The second kappa shape index (κ2) is 10.3. The van der Waals surface area contributed by atoms with Crippen LogP contribution in [0.3, 0.4) is 0 Å². The zero-order chi connectivity index (χ0) is 24.1. The summed E-state index contributed by atoms with van der Waals surface area (Å²) in [5.41, 5.74) is -0.680. The van der Waals surface area contributed by atoms with E-state index < -0.39 is 29.1 Å². The van der Waals surface area contributed by atoms with Crippen LogP contribution in [0.2, 0.25) is 0 Å². The molecule has 1 aliphatic carbocycles. The third-order valence-corrected chi connectivity index (χ3v) is 5.93. The topological polar surface area (TPSA) is 78.5 Å². The summed E-state index contributed by atoms with van der Waals surface area (Å²) in [5, 5.41) is 5.49. The summed E-state index contributed by atoms with van der Waals surface area (Å²) in [7, 11) is 0. The normalized spacial score (nSPS) is 21.5. The largest absolute Gasteiger partial charge is 0.350 e. The van der Waals surface area contributed by atoms with Crippen LogP contribution in [0.25, 0.3) is 0 Å². The number of amides is 3. The van der Waals surface area contributed by atoms with Crippen LogP contribution < -0.4 is 10.6 Å². The van der Waals surface area contributed by atoms with Gasteiger partial charge in [-0.2, -0.15) is 0 Å². The van der Waals surface area contributed by atoms with Crippen molar-refractivity contribution in [3.8, 4) is 0 Å². The second-order valence-electron chi connectivity index (χ2n) is 9.71. The van der Waals surface area contributed by atoms with Crippen molar-refractivity contribution >= 4 is 17.7 Å². The maximum atomic E-state index is 14.2. The fourth-order valence-electron chi connectivity index (χ4n) is 3.53. The molecule has 0 aromatic rings. The van der Waals surface area contributed by atoms with Gasteiger partial charge in [0, 0.05) is 13.1 Å². The molecule has 2 rings (SSSR count). The predicted octanol–water partition coefficient (Wildman–Crippen LogP) is 3.37. The fourth-order valence-corrected chi connectivity index (χ4v) is 3.53. The van der Waals surface area contributed by atoms with Crippen molar-refractivity contribution in [2.45, 2.75) is 71.1 Å². The predicted molar refractivity (Wildman–Crippen MR) is 124 cm³/mol. The van der Waals surface area contributed by atoms with E-state index in [1.807, 2.05) is 39.8 Å². The second-order valence-corrected chi connectivity index (χ2v) is 9.71. The fraction of sp³-hybridized carbons (Fsp3) is 0.560. The van der Waals surface area contributed by atoms with Crippen LogP contribution in [0.4, 0.5) is 4.39 Å². The lowest BCUT2D eigenvalue weighted by Crippen LogP contribution is -2.59. The summed E-state index contributed by atoms with van der Waals surface area (Å²) >= 11 is 0. The Morgan fingerprint density at radius 1 is 1.19 bits per heavy atom. The first-order valence-corrected chi connectivity index (χ1v) is 11.1. The number of carbonyl (C=O) groups is 3. The summed E-state index contributed by atoms with van der Waals surface area (Å²) < 4.78 is 14.2. The Morgan fingerprint density at radius 2 is 1.84 bits per heavy atom. The molecule has 0 spiro atoms. The maximum absolute atomic E-state index is 14.2. The molecule has 2 unspecified atom stereocenters. The van der Waals surface area contributed by atoms with Gasteiger partial charge in [0.05, 0.1) is 0 Å². The third kappa shape index (κ3) is 6.40. The van der Waals surface area contributed by atoms with Crippen molar-refractivity contribution in [1.82, 2.24) is 15.5 Å². The molecule has 2 aliphatic rings. The molecule has 0 aromatic carbocycles. The van der Waals surface area contributed by atoms with E-state index >= 15 is 0 Å². The van der Waals surface area contributed by atoms with Gasteiger partial charge in [-0.1, -0.05) is 63.8 Å². The molecule has 0 bridgehead atoms. The van der Waals surface area contributed by atoms with Crippen molar-refractivity contribution < 1.29 is 18.8 Å². The molecule has 0 aromatic heterocycles. The van der Waals surface area contributed by atoms with Gasteiger partial charge in [0.2, 0.25) is 11.8 Å². The first-order valence-electron chi connectivity index (χ1n) is 11.1. The smallest absolute Gasteiger partial charge is 0.258 e. The van der Waals surface area contributed by atoms with Crippen LogP contribution in [-0.4, -0.2) is 53.5 Å². The highest BCUT2D eigenvalue weighted by Gasteiger charge is 2.53. The first kappa shape index (κ1) is 25.6. The van der Waals surface area contributed by atoms with Crippen molar-refractivity contribution in [3.05, 3.63) is 48.6 Å². The third-order valence-electron chi connectivity index (χ3n) is 5.93. The molecule has 1 heterocycles. The van der Waals surface area contributed by atoms with Gasteiger partial charge in [-0.05, 0) is 43.6 Å². The Morgan fingerprint density at radius 3 is 2.38 bits per heavy atom. The van der Waals surface area contributed by atoms with Gasteiger partial charge in [-0.15, -0.1) is 0 Å². The van der Waals surface area contributed by atoms with E-state index in [1.165, 1.54) is 4.90 Å². The highest BCUT2D eigenvalue weighted by atomic mass is 19.1. The zero-order valence-corrected chi connectivity index (χ0v) is 19.7. The molecule has 1 aliphatic heterocycles. The minimum absolute atomic E-state index is 0.180. The van der Waals surface area contributed by atoms with E-state index in [-0.39, 0.29) is 31.2 Å². The maximum Gasteiger partial charge on any atom is 0.258 e. The Bertz CT molecular complexity index is 834. The number of nitrogens with one attached hydrogen (secondary N) is 2. The molecule has 176 valence electrons. The molecule has 3 amide bonds.